The fourth-order valence-corrected chi connectivity index (χ4v) is 4.62. The van der Waals surface area contributed by atoms with Crippen molar-refractivity contribution < 1.29 is 14.1 Å². The molecule has 2 aromatic carbocycles. The van der Waals surface area contributed by atoms with Gasteiger partial charge in [-0.05, 0) is 23.6 Å². The van der Waals surface area contributed by atoms with E-state index in [2.05, 4.69) is 22.6 Å². The van der Waals surface area contributed by atoms with Gasteiger partial charge in [-0.25, -0.2) is 0 Å². The Hall–Kier alpha value is -3.12. The Labute approximate surface area is 169 Å². The normalized spacial score (nSPS) is 23.2. The largest absolute Gasteiger partial charge is 0.497 e. The van der Waals surface area contributed by atoms with Crippen LogP contribution in [0.25, 0.3) is 11.3 Å². The number of rotatable bonds is 4. The number of methoxy groups -OCH3 is 1. The second-order valence-corrected chi connectivity index (χ2v) is 7.70. The fraction of sp³-hybridized carbons (Fsp3) is 0.304. The maximum absolute atomic E-state index is 13.4. The number of benzene rings is 2. The van der Waals surface area contributed by atoms with E-state index in [1.165, 1.54) is 0 Å². The van der Waals surface area contributed by atoms with Gasteiger partial charge in [-0.2, -0.15) is 0 Å². The Kier molecular flexibility index (Phi) is 4.56. The van der Waals surface area contributed by atoms with E-state index in [4.69, 9.17) is 9.26 Å². The van der Waals surface area contributed by atoms with Gasteiger partial charge in [-0.1, -0.05) is 47.6 Å². The Morgan fingerprint density at radius 2 is 1.93 bits per heavy atom. The Balaban J connectivity index is 1.45. The molecule has 0 saturated carbocycles. The van der Waals surface area contributed by atoms with E-state index < -0.39 is 0 Å². The standard InChI is InChI=1S/C23H23N3O3/c1-28-18-9-7-16(8-10-18)22-19-13-24-12-17(19)14-26(22)23(27)20-11-21(29-25-20)15-5-3-2-4-6-15/h2-11,17,19,22,24H,12-14H2,1H3/t17-,19-,22-/m0/s1. The van der Waals surface area contributed by atoms with Crippen molar-refractivity contribution in [2.24, 2.45) is 11.8 Å². The molecule has 2 aliphatic heterocycles. The molecule has 0 spiro atoms. The van der Waals surface area contributed by atoms with Crippen LogP contribution in [-0.2, 0) is 0 Å². The molecule has 0 radical (unpaired) electrons. The summed E-state index contributed by atoms with van der Waals surface area (Å²) in [7, 11) is 1.66. The van der Waals surface area contributed by atoms with Crippen molar-refractivity contribution in [1.29, 1.82) is 0 Å². The van der Waals surface area contributed by atoms with Gasteiger partial charge in [0.1, 0.15) is 5.75 Å². The molecule has 1 amide bonds. The number of amides is 1. The molecule has 3 aromatic rings. The first-order chi connectivity index (χ1) is 14.2. The quantitative estimate of drug-likeness (QED) is 0.741. The first-order valence-corrected chi connectivity index (χ1v) is 9.92. The summed E-state index contributed by atoms with van der Waals surface area (Å²) in [5.41, 5.74) is 2.39. The zero-order chi connectivity index (χ0) is 19.8. The summed E-state index contributed by atoms with van der Waals surface area (Å²) in [4.78, 5) is 15.4. The molecule has 2 aliphatic rings. The molecule has 3 heterocycles. The van der Waals surface area contributed by atoms with Crippen LogP contribution in [-0.4, -0.2) is 42.7 Å². The minimum Gasteiger partial charge on any atom is -0.497 e. The van der Waals surface area contributed by atoms with Crippen molar-refractivity contribution in [3.63, 3.8) is 0 Å². The van der Waals surface area contributed by atoms with Gasteiger partial charge in [0, 0.05) is 37.2 Å². The number of likely N-dealkylation sites (tertiary alicyclic amines) is 1. The molecular formula is C23H23N3O3. The molecule has 6 nitrogen and oxygen atoms in total. The second-order valence-electron chi connectivity index (χ2n) is 7.70. The van der Waals surface area contributed by atoms with Crippen molar-refractivity contribution in [3.8, 4) is 17.1 Å². The summed E-state index contributed by atoms with van der Waals surface area (Å²) in [6, 6.07) is 19.5. The minimum atomic E-state index is -0.0776. The number of carbonyl (C=O) groups is 1. The number of nitrogens with one attached hydrogen (secondary N) is 1. The maximum Gasteiger partial charge on any atom is 0.276 e. The molecule has 148 valence electrons. The average Bonchev–Trinajstić information content (AvgIpc) is 3.50. The number of hydrogen-bond acceptors (Lipinski definition) is 5. The van der Waals surface area contributed by atoms with E-state index in [1.807, 2.05) is 47.4 Å². The molecule has 6 heteroatoms. The van der Waals surface area contributed by atoms with E-state index in [0.717, 1.165) is 36.5 Å². The molecule has 2 saturated heterocycles. The molecular weight excluding hydrogens is 366 g/mol. The van der Waals surface area contributed by atoms with Crippen LogP contribution >= 0.6 is 0 Å². The van der Waals surface area contributed by atoms with Gasteiger partial charge in [0.15, 0.2) is 11.5 Å². The van der Waals surface area contributed by atoms with Gasteiger partial charge in [-0.3, -0.25) is 4.79 Å². The van der Waals surface area contributed by atoms with Crippen LogP contribution in [0.5, 0.6) is 5.75 Å². The lowest BCUT2D eigenvalue weighted by Gasteiger charge is -2.28. The summed E-state index contributed by atoms with van der Waals surface area (Å²) < 4.78 is 10.8. The molecule has 29 heavy (non-hydrogen) atoms. The van der Waals surface area contributed by atoms with Crippen LogP contribution in [0.2, 0.25) is 0 Å². The average molecular weight is 389 g/mol. The van der Waals surface area contributed by atoms with Crippen LogP contribution in [0.4, 0.5) is 0 Å². The Morgan fingerprint density at radius 1 is 1.14 bits per heavy atom. The third-order valence-corrected chi connectivity index (χ3v) is 6.07. The molecule has 3 atom stereocenters. The lowest BCUT2D eigenvalue weighted by atomic mass is 9.89. The smallest absolute Gasteiger partial charge is 0.276 e. The zero-order valence-corrected chi connectivity index (χ0v) is 16.2. The molecule has 0 unspecified atom stereocenters. The second kappa shape index (κ2) is 7.37. The summed E-state index contributed by atoms with van der Waals surface area (Å²) in [5.74, 6) is 2.19. The molecule has 2 fully saturated rings. The highest BCUT2D eigenvalue weighted by molar-refractivity contribution is 5.93. The van der Waals surface area contributed by atoms with Gasteiger partial charge in [0.25, 0.3) is 5.91 Å². The molecule has 1 aromatic heterocycles. The Morgan fingerprint density at radius 3 is 2.69 bits per heavy atom. The zero-order valence-electron chi connectivity index (χ0n) is 16.2. The number of ether oxygens (including phenoxy) is 1. The maximum atomic E-state index is 13.4. The fourth-order valence-electron chi connectivity index (χ4n) is 4.62. The van der Waals surface area contributed by atoms with E-state index in [1.54, 1.807) is 13.2 Å². The van der Waals surface area contributed by atoms with Gasteiger partial charge >= 0.3 is 0 Å². The van der Waals surface area contributed by atoms with Crippen LogP contribution in [0, 0.1) is 11.8 Å². The lowest BCUT2D eigenvalue weighted by molar-refractivity contribution is 0.0703. The van der Waals surface area contributed by atoms with E-state index >= 15 is 0 Å². The molecule has 5 rings (SSSR count). The monoisotopic (exact) mass is 389 g/mol. The first-order valence-electron chi connectivity index (χ1n) is 9.92. The van der Waals surface area contributed by atoms with Crippen LogP contribution in [0.3, 0.4) is 0 Å². The highest BCUT2D eigenvalue weighted by Crippen LogP contribution is 2.43. The van der Waals surface area contributed by atoms with Crippen LogP contribution in [0.1, 0.15) is 22.1 Å². The highest BCUT2D eigenvalue weighted by Gasteiger charge is 2.47. The van der Waals surface area contributed by atoms with Gasteiger partial charge in [-0.15, -0.1) is 0 Å². The van der Waals surface area contributed by atoms with E-state index in [-0.39, 0.29) is 11.9 Å². The summed E-state index contributed by atoms with van der Waals surface area (Å²) in [6.45, 7) is 2.58. The number of fused-ring (bicyclic) bond motifs is 1. The lowest BCUT2D eigenvalue weighted by Crippen LogP contribution is -2.34. The highest BCUT2D eigenvalue weighted by atomic mass is 16.5. The van der Waals surface area contributed by atoms with Crippen LogP contribution in [0.15, 0.2) is 65.2 Å². The number of aromatic nitrogens is 1. The van der Waals surface area contributed by atoms with Crippen molar-refractivity contribution in [2.75, 3.05) is 26.7 Å². The van der Waals surface area contributed by atoms with Gasteiger partial charge < -0.3 is 19.5 Å². The third kappa shape index (κ3) is 3.19. The predicted octanol–water partition coefficient (Wildman–Crippen LogP) is 3.38. The van der Waals surface area contributed by atoms with Gasteiger partial charge in [0.05, 0.1) is 13.2 Å². The molecule has 0 aliphatic carbocycles. The van der Waals surface area contributed by atoms with Crippen molar-refractivity contribution in [2.45, 2.75) is 6.04 Å². The predicted molar refractivity (Wildman–Crippen MR) is 109 cm³/mol. The van der Waals surface area contributed by atoms with Crippen molar-refractivity contribution in [1.82, 2.24) is 15.4 Å². The summed E-state index contributed by atoms with van der Waals surface area (Å²) in [6.07, 6.45) is 0. The van der Waals surface area contributed by atoms with Crippen LogP contribution < -0.4 is 10.1 Å². The summed E-state index contributed by atoms with van der Waals surface area (Å²) >= 11 is 0. The van der Waals surface area contributed by atoms with Crippen molar-refractivity contribution in [3.05, 3.63) is 71.9 Å². The third-order valence-electron chi connectivity index (χ3n) is 6.07. The topological polar surface area (TPSA) is 67.6 Å². The first kappa shape index (κ1) is 17.9. The number of nitrogens with zero attached hydrogens (tertiary/aromatic N) is 2. The van der Waals surface area contributed by atoms with Gasteiger partial charge in [0.2, 0.25) is 0 Å². The number of hydrogen-bond donors (Lipinski definition) is 1. The minimum absolute atomic E-state index is 0.0188. The van der Waals surface area contributed by atoms with Crippen molar-refractivity contribution >= 4 is 5.91 Å². The Bertz CT molecular complexity index is 1000. The number of carbonyl (C=O) groups excluding carboxylic acids is 1. The SMILES string of the molecule is COc1ccc([C@H]2[C@H]3CNC[C@H]3CN2C(=O)c2cc(-c3ccccc3)on2)cc1. The molecule has 1 N–H and O–H groups in total. The molecule has 0 bridgehead atoms. The van der Waals surface area contributed by atoms with E-state index in [0.29, 0.717) is 23.3 Å². The van der Waals surface area contributed by atoms with E-state index in [9.17, 15) is 4.79 Å². The summed E-state index contributed by atoms with van der Waals surface area (Å²) in [5, 5.41) is 7.56.